The smallest absolute Gasteiger partial charge is 0.326 e. The van der Waals surface area contributed by atoms with E-state index in [1.807, 2.05) is 18.2 Å². The molecule has 2 aromatic carbocycles. The number of fused-ring (bicyclic) bond motifs is 1. The fourth-order valence-electron chi connectivity index (χ4n) is 4.06. The molecule has 2 N–H and O–H groups in total. The number of methoxy groups -OCH3 is 1. The summed E-state index contributed by atoms with van der Waals surface area (Å²) in [5, 5.41) is 2.79. The third-order valence-corrected chi connectivity index (χ3v) is 6.21. The number of nitrogens with one attached hydrogen (secondary N) is 2. The molecular formula is C21H21BrFN3O3. The van der Waals surface area contributed by atoms with Crippen LogP contribution in [0, 0.1) is 11.7 Å². The number of amides is 1. The van der Waals surface area contributed by atoms with Crippen molar-refractivity contribution in [1.82, 2.24) is 9.55 Å². The molecule has 0 aliphatic heterocycles. The highest BCUT2D eigenvalue weighted by atomic mass is 79.9. The van der Waals surface area contributed by atoms with Crippen LogP contribution in [0.3, 0.4) is 0 Å². The molecule has 152 valence electrons. The van der Waals surface area contributed by atoms with Crippen LogP contribution in [0.1, 0.15) is 31.7 Å². The van der Waals surface area contributed by atoms with Crippen molar-refractivity contribution in [3.63, 3.8) is 0 Å². The minimum Gasteiger partial charge on any atom is -0.494 e. The van der Waals surface area contributed by atoms with Crippen LogP contribution in [-0.2, 0) is 4.79 Å². The summed E-state index contributed by atoms with van der Waals surface area (Å²) in [6.45, 7) is 0. The second-order valence-electron chi connectivity index (χ2n) is 7.28. The summed E-state index contributed by atoms with van der Waals surface area (Å²) in [5.74, 6) is -0.663. The molecule has 0 saturated heterocycles. The number of imidazole rings is 1. The lowest BCUT2D eigenvalue weighted by molar-refractivity contribution is -0.121. The Morgan fingerprint density at radius 1 is 1.24 bits per heavy atom. The summed E-state index contributed by atoms with van der Waals surface area (Å²) in [6.07, 6.45) is 2.80. The van der Waals surface area contributed by atoms with Crippen LogP contribution in [0.2, 0.25) is 0 Å². The Morgan fingerprint density at radius 2 is 2.00 bits per heavy atom. The van der Waals surface area contributed by atoms with Gasteiger partial charge in [0.05, 0.1) is 18.1 Å². The number of nitrogens with zero attached hydrogens (tertiary/aromatic N) is 1. The lowest BCUT2D eigenvalue weighted by Gasteiger charge is -2.28. The molecule has 29 heavy (non-hydrogen) atoms. The summed E-state index contributed by atoms with van der Waals surface area (Å²) < 4.78 is 21.4. The molecule has 0 atom stereocenters. The number of H-pyrrole nitrogens is 1. The van der Waals surface area contributed by atoms with Crippen molar-refractivity contribution in [2.24, 2.45) is 5.92 Å². The summed E-state index contributed by atoms with van der Waals surface area (Å²) >= 11 is 3.47. The molecule has 1 aliphatic rings. The number of anilines is 1. The van der Waals surface area contributed by atoms with Gasteiger partial charge in [-0.1, -0.05) is 6.07 Å². The van der Waals surface area contributed by atoms with Gasteiger partial charge >= 0.3 is 5.69 Å². The van der Waals surface area contributed by atoms with Gasteiger partial charge in [-0.25, -0.2) is 9.18 Å². The monoisotopic (exact) mass is 461 g/mol. The van der Waals surface area contributed by atoms with Crippen molar-refractivity contribution in [1.29, 1.82) is 0 Å². The predicted octanol–water partition coefficient (Wildman–Crippen LogP) is 4.61. The molecule has 1 aliphatic carbocycles. The SMILES string of the molecule is COc1ccc(NC(=O)[C@H]2CC[C@@H](n3c(=O)[nH]c4c(Br)cccc43)CC2)cc1F. The highest BCUT2D eigenvalue weighted by Gasteiger charge is 2.29. The lowest BCUT2D eigenvalue weighted by atomic mass is 9.85. The van der Waals surface area contributed by atoms with E-state index in [-0.39, 0.29) is 29.3 Å². The van der Waals surface area contributed by atoms with E-state index in [1.165, 1.54) is 19.2 Å². The number of halogens is 2. The van der Waals surface area contributed by atoms with Gasteiger partial charge in [-0.2, -0.15) is 0 Å². The van der Waals surface area contributed by atoms with Gasteiger partial charge in [0.25, 0.3) is 0 Å². The molecule has 0 bridgehead atoms. The summed E-state index contributed by atoms with van der Waals surface area (Å²) in [7, 11) is 1.40. The van der Waals surface area contributed by atoms with Crippen LogP contribution in [0.15, 0.2) is 45.7 Å². The van der Waals surface area contributed by atoms with E-state index in [4.69, 9.17) is 4.74 Å². The number of carbonyl (C=O) groups is 1. The highest BCUT2D eigenvalue weighted by molar-refractivity contribution is 9.10. The Balaban J connectivity index is 1.44. The minimum absolute atomic E-state index is 0.0491. The number of carbonyl (C=O) groups excluding carboxylic acids is 1. The van der Waals surface area contributed by atoms with Crippen LogP contribution in [0.25, 0.3) is 11.0 Å². The molecule has 0 radical (unpaired) electrons. The zero-order valence-electron chi connectivity index (χ0n) is 15.9. The standard InChI is InChI=1S/C21H21BrFN3O3/c1-29-18-10-7-13(11-16(18)23)24-20(27)12-5-8-14(9-6-12)26-17-4-2-3-15(22)19(17)25-21(26)28/h2-4,7,10-12,14H,5-6,8-9H2,1H3,(H,24,27)(H,25,28)/t12-,14+. The van der Waals surface area contributed by atoms with E-state index < -0.39 is 5.82 Å². The number of aromatic amines is 1. The van der Waals surface area contributed by atoms with E-state index in [0.29, 0.717) is 18.5 Å². The maximum Gasteiger partial charge on any atom is 0.326 e. The molecule has 1 heterocycles. The first-order chi connectivity index (χ1) is 14.0. The molecule has 3 aromatic rings. The van der Waals surface area contributed by atoms with E-state index in [9.17, 15) is 14.0 Å². The number of benzene rings is 2. The Morgan fingerprint density at radius 3 is 2.69 bits per heavy atom. The zero-order valence-corrected chi connectivity index (χ0v) is 17.5. The van der Waals surface area contributed by atoms with Crippen molar-refractivity contribution in [2.75, 3.05) is 12.4 Å². The number of hydrogen-bond donors (Lipinski definition) is 2. The molecule has 0 spiro atoms. The van der Waals surface area contributed by atoms with Crippen molar-refractivity contribution >= 4 is 38.6 Å². The first kappa shape index (κ1) is 19.7. The van der Waals surface area contributed by atoms with Crippen LogP contribution in [0.5, 0.6) is 5.75 Å². The summed E-state index contributed by atoms with van der Waals surface area (Å²) in [5.41, 5.74) is 1.94. The number of hydrogen-bond acceptors (Lipinski definition) is 3. The Labute approximate surface area is 175 Å². The summed E-state index contributed by atoms with van der Waals surface area (Å²) in [4.78, 5) is 28.0. The highest BCUT2D eigenvalue weighted by Crippen LogP contribution is 2.34. The van der Waals surface area contributed by atoms with Gasteiger partial charge in [0, 0.05) is 28.2 Å². The maximum absolute atomic E-state index is 13.8. The number of rotatable bonds is 4. The van der Waals surface area contributed by atoms with Crippen molar-refractivity contribution in [2.45, 2.75) is 31.7 Å². The van der Waals surface area contributed by atoms with Gasteiger partial charge in [-0.15, -0.1) is 0 Å². The number of aromatic nitrogens is 2. The molecule has 8 heteroatoms. The van der Waals surface area contributed by atoms with Gasteiger partial charge in [0.1, 0.15) is 0 Å². The van der Waals surface area contributed by atoms with E-state index in [0.717, 1.165) is 28.3 Å². The molecule has 4 rings (SSSR count). The molecule has 1 fully saturated rings. The van der Waals surface area contributed by atoms with E-state index in [1.54, 1.807) is 10.6 Å². The van der Waals surface area contributed by atoms with Gasteiger partial charge in [0.15, 0.2) is 11.6 Å². The summed E-state index contributed by atoms with van der Waals surface area (Å²) in [6, 6.07) is 10.1. The molecular weight excluding hydrogens is 441 g/mol. The van der Waals surface area contributed by atoms with Crippen molar-refractivity contribution in [3.8, 4) is 5.75 Å². The molecule has 1 aromatic heterocycles. The fourth-order valence-corrected chi connectivity index (χ4v) is 4.52. The quantitative estimate of drug-likeness (QED) is 0.595. The van der Waals surface area contributed by atoms with E-state index in [2.05, 4.69) is 26.2 Å². The molecule has 1 saturated carbocycles. The fraction of sp³-hybridized carbons (Fsp3) is 0.333. The van der Waals surface area contributed by atoms with Crippen LogP contribution in [-0.4, -0.2) is 22.6 Å². The van der Waals surface area contributed by atoms with Crippen molar-refractivity contribution in [3.05, 3.63) is 57.2 Å². The lowest BCUT2D eigenvalue weighted by Crippen LogP contribution is -2.31. The zero-order chi connectivity index (χ0) is 20.5. The van der Waals surface area contributed by atoms with Gasteiger partial charge in [-0.3, -0.25) is 9.36 Å². The normalized spacial score (nSPS) is 19.3. The third kappa shape index (κ3) is 3.81. The predicted molar refractivity (Wildman–Crippen MR) is 113 cm³/mol. The Kier molecular flexibility index (Phi) is 5.45. The minimum atomic E-state index is -0.515. The van der Waals surface area contributed by atoms with Crippen LogP contribution >= 0.6 is 15.9 Å². The topological polar surface area (TPSA) is 76.1 Å². The Bertz CT molecular complexity index is 1120. The first-order valence-corrected chi connectivity index (χ1v) is 10.3. The van der Waals surface area contributed by atoms with Gasteiger partial charge in [-0.05, 0) is 65.9 Å². The average molecular weight is 462 g/mol. The van der Waals surface area contributed by atoms with Gasteiger partial charge in [0.2, 0.25) is 5.91 Å². The number of para-hydroxylation sites is 1. The number of ether oxygens (including phenoxy) is 1. The molecule has 6 nitrogen and oxygen atoms in total. The maximum atomic E-state index is 13.8. The molecule has 1 amide bonds. The van der Waals surface area contributed by atoms with E-state index >= 15 is 0 Å². The Hall–Kier alpha value is -2.61. The second kappa shape index (κ2) is 8.02. The van der Waals surface area contributed by atoms with Crippen molar-refractivity contribution < 1.29 is 13.9 Å². The third-order valence-electron chi connectivity index (χ3n) is 5.55. The first-order valence-electron chi connectivity index (χ1n) is 9.51. The molecule has 0 unspecified atom stereocenters. The van der Waals surface area contributed by atoms with Gasteiger partial charge < -0.3 is 15.0 Å². The second-order valence-corrected chi connectivity index (χ2v) is 8.13. The van der Waals surface area contributed by atoms with Crippen LogP contribution < -0.4 is 15.7 Å². The average Bonchev–Trinajstić information content (AvgIpc) is 3.05. The van der Waals surface area contributed by atoms with Crippen LogP contribution in [0.4, 0.5) is 10.1 Å². The largest absolute Gasteiger partial charge is 0.494 e.